The summed E-state index contributed by atoms with van der Waals surface area (Å²) in [6, 6.07) is 9.37. The number of carbonyl (C=O) groups excluding carboxylic acids is 1. The number of para-hydroxylation sites is 1. The maximum absolute atomic E-state index is 12.6. The molecule has 0 bridgehead atoms. The van der Waals surface area contributed by atoms with E-state index in [1.165, 1.54) is 33.4 Å². The summed E-state index contributed by atoms with van der Waals surface area (Å²) in [4.78, 5) is 12.6. The summed E-state index contributed by atoms with van der Waals surface area (Å²) < 4.78 is 16.7. The summed E-state index contributed by atoms with van der Waals surface area (Å²) in [6.45, 7) is 11.3. The molecule has 1 N–H and O–H groups in total. The van der Waals surface area contributed by atoms with Crippen LogP contribution in [-0.4, -0.2) is 26.7 Å². The SMILES string of the molecule is COc1cccc(CCNC(=O)c2ccc(Cc3c(C)c(C)c(C)c(C)c3C)o2)c1OC. The van der Waals surface area contributed by atoms with Crippen molar-refractivity contribution in [2.45, 2.75) is 47.5 Å². The molecule has 0 fully saturated rings. The van der Waals surface area contributed by atoms with Crippen molar-refractivity contribution in [3.05, 3.63) is 80.8 Å². The van der Waals surface area contributed by atoms with Crippen molar-refractivity contribution < 1.29 is 18.7 Å². The van der Waals surface area contributed by atoms with Gasteiger partial charge in [0.1, 0.15) is 5.76 Å². The second-order valence-electron chi connectivity index (χ2n) is 8.20. The van der Waals surface area contributed by atoms with Gasteiger partial charge in [-0.15, -0.1) is 0 Å². The van der Waals surface area contributed by atoms with Crippen LogP contribution in [0.4, 0.5) is 0 Å². The van der Waals surface area contributed by atoms with Crippen LogP contribution in [0.2, 0.25) is 0 Å². The Morgan fingerprint density at radius 1 is 0.875 bits per heavy atom. The van der Waals surface area contributed by atoms with E-state index in [9.17, 15) is 4.79 Å². The topological polar surface area (TPSA) is 60.7 Å². The summed E-state index contributed by atoms with van der Waals surface area (Å²) in [5.74, 6) is 2.27. The largest absolute Gasteiger partial charge is 0.493 e. The molecular weight excluding hydrogens is 402 g/mol. The van der Waals surface area contributed by atoms with Crippen LogP contribution < -0.4 is 14.8 Å². The van der Waals surface area contributed by atoms with Gasteiger partial charge in [0, 0.05) is 13.0 Å². The molecule has 0 aliphatic carbocycles. The molecule has 0 aliphatic rings. The molecule has 0 saturated heterocycles. The smallest absolute Gasteiger partial charge is 0.287 e. The third kappa shape index (κ3) is 4.67. The maximum atomic E-state index is 12.6. The van der Waals surface area contributed by atoms with Crippen LogP contribution in [0.25, 0.3) is 0 Å². The van der Waals surface area contributed by atoms with Crippen molar-refractivity contribution in [1.29, 1.82) is 0 Å². The molecule has 5 heteroatoms. The molecule has 0 unspecified atom stereocenters. The Morgan fingerprint density at radius 3 is 2.16 bits per heavy atom. The average molecular weight is 436 g/mol. The number of carbonyl (C=O) groups is 1. The molecule has 5 nitrogen and oxygen atoms in total. The molecule has 0 saturated carbocycles. The van der Waals surface area contributed by atoms with Crippen LogP contribution in [-0.2, 0) is 12.8 Å². The Hall–Kier alpha value is -3.21. The minimum Gasteiger partial charge on any atom is -0.493 e. The van der Waals surface area contributed by atoms with E-state index >= 15 is 0 Å². The van der Waals surface area contributed by atoms with Crippen LogP contribution in [0.5, 0.6) is 11.5 Å². The summed E-state index contributed by atoms with van der Waals surface area (Å²) in [6.07, 6.45) is 1.30. The zero-order valence-corrected chi connectivity index (χ0v) is 20.1. The van der Waals surface area contributed by atoms with Gasteiger partial charge in [-0.3, -0.25) is 4.79 Å². The Morgan fingerprint density at radius 2 is 1.53 bits per heavy atom. The number of amides is 1. The maximum Gasteiger partial charge on any atom is 0.287 e. The first kappa shape index (κ1) is 23.5. The predicted octanol–water partition coefficient (Wildman–Crippen LogP) is 5.40. The van der Waals surface area contributed by atoms with Crippen LogP contribution in [0, 0.1) is 34.6 Å². The first-order valence-corrected chi connectivity index (χ1v) is 10.9. The van der Waals surface area contributed by atoms with Gasteiger partial charge in [0.05, 0.1) is 14.2 Å². The first-order chi connectivity index (χ1) is 15.3. The second kappa shape index (κ2) is 9.94. The highest BCUT2D eigenvalue weighted by Gasteiger charge is 2.16. The lowest BCUT2D eigenvalue weighted by atomic mass is 9.88. The highest BCUT2D eigenvalue weighted by molar-refractivity contribution is 5.91. The van der Waals surface area contributed by atoms with E-state index in [1.807, 2.05) is 24.3 Å². The van der Waals surface area contributed by atoms with Crippen molar-refractivity contribution in [2.75, 3.05) is 20.8 Å². The van der Waals surface area contributed by atoms with Crippen LogP contribution in [0.1, 0.15) is 55.3 Å². The molecule has 32 heavy (non-hydrogen) atoms. The predicted molar refractivity (Wildman–Crippen MR) is 127 cm³/mol. The standard InChI is InChI=1S/C27H33NO4/c1-16-17(2)19(4)23(20(5)18(16)3)15-22-11-12-25(32-22)27(29)28-14-13-21-9-8-10-24(30-6)26(21)31-7/h8-12H,13-15H2,1-7H3,(H,28,29). The minimum absolute atomic E-state index is 0.220. The zero-order chi connectivity index (χ0) is 23.4. The number of nitrogens with one attached hydrogen (secondary N) is 1. The zero-order valence-electron chi connectivity index (χ0n) is 20.1. The van der Waals surface area contributed by atoms with Gasteiger partial charge in [0.2, 0.25) is 0 Å². The van der Waals surface area contributed by atoms with Crippen molar-refractivity contribution in [2.24, 2.45) is 0 Å². The molecular formula is C27H33NO4. The van der Waals surface area contributed by atoms with E-state index in [4.69, 9.17) is 13.9 Å². The summed E-state index contributed by atoms with van der Waals surface area (Å²) >= 11 is 0. The lowest BCUT2D eigenvalue weighted by molar-refractivity contribution is 0.0924. The monoisotopic (exact) mass is 435 g/mol. The van der Waals surface area contributed by atoms with Crippen LogP contribution in [0.3, 0.4) is 0 Å². The molecule has 3 rings (SSSR count). The van der Waals surface area contributed by atoms with E-state index in [2.05, 4.69) is 39.9 Å². The highest BCUT2D eigenvalue weighted by atomic mass is 16.5. The van der Waals surface area contributed by atoms with Crippen molar-refractivity contribution in [3.8, 4) is 11.5 Å². The minimum atomic E-state index is -0.220. The third-order valence-corrected chi connectivity index (χ3v) is 6.56. The first-order valence-electron chi connectivity index (χ1n) is 10.9. The lowest BCUT2D eigenvalue weighted by Crippen LogP contribution is -2.25. The molecule has 0 radical (unpaired) electrons. The fraction of sp³-hybridized carbons (Fsp3) is 0.370. The van der Waals surface area contributed by atoms with Crippen LogP contribution >= 0.6 is 0 Å². The van der Waals surface area contributed by atoms with Gasteiger partial charge in [-0.1, -0.05) is 12.1 Å². The molecule has 1 heterocycles. The summed E-state index contributed by atoms with van der Waals surface area (Å²) in [5.41, 5.74) is 8.82. The van der Waals surface area contributed by atoms with Gasteiger partial charge in [0.15, 0.2) is 17.3 Å². The molecule has 170 valence electrons. The number of rotatable bonds is 8. The number of hydrogen-bond donors (Lipinski definition) is 1. The molecule has 3 aromatic rings. The van der Waals surface area contributed by atoms with E-state index in [0.717, 1.165) is 11.3 Å². The van der Waals surface area contributed by atoms with Gasteiger partial charge < -0.3 is 19.2 Å². The molecule has 0 spiro atoms. The van der Waals surface area contributed by atoms with E-state index < -0.39 is 0 Å². The number of benzene rings is 2. The van der Waals surface area contributed by atoms with E-state index in [0.29, 0.717) is 36.6 Å². The van der Waals surface area contributed by atoms with Gasteiger partial charge in [-0.2, -0.15) is 0 Å². The van der Waals surface area contributed by atoms with E-state index in [-0.39, 0.29) is 5.91 Å². The Balaban J connectivity index is 1.66. The Bertz CT molecular complexity index is 1100. The second-order valence-corrected chi connectivity index (χ2v) is 8.20. The number of furan rings is 1. The molecule has 0 atom stereocenters. The molecule has 1 amide bonds. The molecule has 1 aromatic heterocycles. The van der Waals surface area contributed by atoms with Gasteiger partial charge in [-0.25, -0.2) is 0 Å². The third-order valence-electron chi connectivity index (χ3n) is 6.56. The molecule has 2 aromatic carbocycles. The fourth-order valence-corrected chi connectivity index (χ4v) is 4.16. The Kier molecular flexibility index (Phi) is 7.29. The van der Waals surface area contributed by atoms with Gasteiger partial charge >= 0.3 is 0 Å². The normalized spacial score (nSPS) is 10.8. The average Bonchev–Trinajstić information content (AvgIpc) is 3.27. The number of methoxy groups -OCH3 is 2. The van der Waals surface area contributed by atoms with Crippen molar-refractivity contribution in [3.63, 3.8) is 0 Å². The van der Waals surface area contributed by atoms with Crippen molar-refractivity contribution in [1.82, 2.24) is 5.32 Å². The fourth-order valence-electron chi connectivity index (χ4n) is 4.16. The summed E-state index contributed by atoms with van der Waals surface area (Å²) in [5, 5.41) is 2.93. The summed E-state index contributed by atoms with van der Waals surface area (Å²) in [7, 11) is 3.23. The van der Waals surface area contributed by atoms with Crippen LogP contribution in [0.15, 0.2) is 34.7 Å². The highest BCUT2D eigenvalue weighted by Crippen LogP contribution is 2.31. The number of ether oxygens (including phenoxy) is 2. The van der Waals surface area contributed by atoms with Gasteiger partial charge in [0.25, 0.3) is 5.91 Å². The van der Waals surface area contributed by atoms with Crippen molar-refractivity contribution >= 4 is 5.91 Å². The van der Waals surface area contributed by atoms with E-state index in [1.54, 1.807) is 20.3 Å². The molecule has 0 aliphatic heterocycles. The van der Waals surface area contributed by atoms with Gasteiger partial charge in [-0.05, 0) is 98.2 Å². The Labute approximate surface area is 190 Å². The lowest BCUT2D eigenvalue weighted by Gasteiger charge is -2.18. The quantitative estimate of drug-likeness (QED) is 0.514. The number of hydrogen-bond acceptors (Lipinski definition) is 4.